The molecular formula is C14H18FN3S. The van der Waals surface area contributed by atoms with Crippen LogP contribution in [0.4, 0.5) is 4.39 Å². The maximum atomic E-state index is 13.5. The number of hydrogen-bond donors (Lipinski definition) is 1. The highest BCUT2D eigenvalue weighted by molar-refractivity contribution is 7.99. The van der Waals surface area contributed by atoms with Crippen LogP contribution in [0.1, 0.15) is 12.7 Å². The Labute approximate surface area is 117 Å². The second-order valence-corrected chi connectivity index (χ2v) is 5.40. The van der Waals surface area contributed by atoms with Crippen molar-refractivity contribution in [3.8, 4) is 0 Å². The van der Waals surface area contributed by atoms with Crippen LogP contribution in [0.25, 0.3) is 0 Å². The van der Waals surface area contributed by atoms with Crippen molar-refractivity contribution in [2.24, 2.45) is 5.73 Å². The molecule has 1 unspecified atom stereocenters. The number of nitrogens with two attached hydrogens (primary N) is 1. The minimum absolute atomic E-state index is 0.0303. The molecule has 1 aromatic heterocycles. The van der Waals surface area contributed by atoms with Gasteiger partial charge in [-0.05, 0) is 19.1 Å². The average molecular weight is 279 g/mol. The Balaban J connectivity index is 1.88. The first-order valence-electron chi connectivity index (χ1n) is 6.33. The molecule has 1 atom stereocenters. The van der Waals surface area contributed by atoms with E-state index < -0.39 is 0 Å². The van der Waals surface area contributed by atoms with Crippen molar-refractivity contribution in [1.82, 2.24) is 9.55 Å². The van der Waals surface area contributed by atoms with Crippen molar-refractivity contribution in [2.45, 2.75) is 30.8 Å². The van der Waals surface area contributed by atoms with E-state index in [2.05, 4.69) is 16.5 Å². The van der Waals surface area contributed by atoms with Crippen molar-refractivity contribution in [3.05, 3.63) is 48.3 Å². The highest BCUT2D eigenvalue weighted by Gasteiger charge is 2.10. The standard InChI is InChI=1S/C14H18FN3S/c1-2-18-8-7-17-14(18)9-11(16)10-19-13-6-4-3-5-12(13)15/h3-8,11H,2,9-10,16H2,1H3. The molecule has 0 aliphatic rings. The third kappa shape index (κ3) is 3.81. The SMILES string of the molecule is CCn1ccnc1CC(N)CSc1ccccc1F. The number of thioether (sulfide) groups is 1. The molecule has 0 fully saturated rings. The second-order valence-electron chi connectivity index (χ2n) is 4.34. The summed E-state index contributed by atoms with van der Waals surface area (Å²) in [5.74, 6) is 1.48. The molecule has 1 heterocycles. The number of aryl methyl sites for hydroxylation is 1. The molecule has 2 aromatic rings. The van der Waals surface area contributed by atoms with Gasteiger partial charge in [-0.1, -0.05) is 12.1 Å². The zero-order chi connectivity index (χ0) is 13.7. The molecular weight excluding hydrogens is 261 g/mol. The minimum Gasteiger partial charge on any atom is -0.335 e. The van der Waals surface area contributed by atoms with E-state index in [0.717, 1.165) is 12.4 Å². The number of benzene rings is 1. The van der Waals surface area contributed by atoms with Crippen LogP contribution < -0.4 is 5.73 Å². The lowest BCUT2D eigenvalue weighted by Gasteiger charge is -2.12. The van der Waals surface area contributed by atoms with Gasteiger partial charge in [0.05, 0.1) is 0 Å². The number of hydrogen-bond acceptors (Lipinski definition) is 3. The van der Waals surface area contributed by atoms with Gasteiger partial charge < -0.3 is 10.3 Å². The number of halogens is 1. The number of imidazole rings is 1. The summed E-state index contributed by atoms with van der Waals surface area (Å²) in [7, 11) is 0. The van der Waals surface area contributed by atoms with E-state index in [0.29, 0.717) is 17.1 Å². The van der Waals surface area contributed by atoms with Gasteiger partial charge >= 0.3 is 0 Å². The van der Waals surface area contributed by atoms with Crippen LogP contribution in [0, 0.1) is 5.82 Å². The van der Waals surface area contributed by atoms with E-state index in [-0.39, 0.29) is 11.9 Å². The monoisotopic (exact) mass is 279 g/mol. The summed E-state index contributed by atoms with van der Waals surface area (Å²) in [4.78, 5) is 4.95. The highest BCUT2D eigenvalue weighted by Crippen LogP contribution is 2.22. The van der Waals surface area contributed by atoms with Gasteiger partial charge in [0.15, 0.2) is 0 Å². The van der Waals surface area contributed by atoms with Crippen molar-refractivity contribution in [3.63, 3.8) is 0 Å². The van der Waals surface area contributed by atoms with E-state index in [1.807, 2.05) is 12.3 Å². The lowest BCUT2D eigenvalue weighted by atomic mass is 10.2. The highest BCUT2D eigenvalue weighted by atomic mass is 32.2. The Hall–Kier alpha value is -1.33. The first-order chi connectivity index (χ1) is 9.20. The first-order valence-corrected chi connectivity index (χ1v) is 7.32. The first kappa shape index (κ1) is 14.1. The van der Waals surface area contributed by atoms with E-state index in [1.54, 1.807) is 18.3 Å². The van der Waals surface area contributed by atoms with Crippen LogP contribution >= 0.6 is 11.8 Å². The molecule has 0 radical (unpaired) electrons. The maximum Gasteiger partial charge on any atom is 0.136 e. The fraction of sp³-hybridized carbons (Fsp3) is 0.357. The van der Waals surface area contributed by atoms with Crippen molar-refractivity contribution >= 4 is 11.8 Å². The third-order valence-corrected chi connectivity index (χ3v) is 4.11. The summed E-state index contributed by atoms with van der Waals surface area (Å²) < 4.78 is 15.5. The fourth-order valence-electron chi connectivity index (χ4n) is 1.87. The molecule has 0 spiro atoms. The summed E-state index contributed by atoms with van der Waals surface area (Å²) in [6.07, 6.45) is 4.45. The van der Waals surface area contributed by atoms with E-state index in [1.165, 1.54) is 17.8 Å². The van der Waals surface area contributed by atoms with Gasteiger partial charge in [-0.2, -0.15) is 0 Å². The smallest absolute Gasteiger partial charge is 0.136 e. The van der Waals surface area contributed by atoms with Crippen LogP contribution in [0.5, 0.6) is 0 Å². The van der Waals surface area contributed by atoms with Gasteiger partial charge in [-0.25, -0.2) is 9.37 Å². The molecule has 0 saturated carbocycles. The molecule has 19 heavy (non-hydrogen) atoms. The Morgan fingerprint density at radius 3 is 2.95 bits per heavy atom. The summed E-state index contributed by atoms with van der Waals surface area (Å²) in [6, 6.07) is 6.74. The summed E-state index contributed by atoms with van der Waals surface area (Å²) in [6.45, 7) is 2.97. The molecule has 0 amide bonds. The molecule has 3 nitrogen and oxygen atoms in total. The Bertz CT molecular complexity index is 527. The predicted molar refractivity (Wildman–Crippen MR) is 76.7 cm³/mol. The van der Waals surface area contributed by atoms with Crippen molar-refractivity contribution in [2.75, 3.05) is 5.75 Å². The van der Waals surface area contributed by atoms with Crippen LogP contribution in [0.2, 0.25) is 0 Å². The molecule has 2 N–H and O–H groups in total. The number of nitrogens with zero attached hydrogens (tertiary/aromatic N) is 2. The van der Waals surface area contributed by atoms with Gasteiger partial charge in [0, 0.05) is 42.0 Å². The largest absolute Gasteiger partial charge is 0.335 e. The quantitative estimate of drug-likeness (QED) is 0.827. The zero-order valence-corrected chi connectivity index (χ0v) is 11.7. The van der Waals surface area contributed by atoms with Crippen molar-refractivity contribution in [1.29, 1.82) is 0 Å². The number of aromatic nitrogens is 2. The van der Waals surface area contributed by atoms with Gasteiger partial charge in [0.1, 0.15) is 11.6 Å². The predicted octanol–water partition coefficient (Wildman–Crippen LogP) is 2.70. The van der Waals surface area contributed by atoms with Crippen molar-refractivity contribution < 1.29 is 4.39 Å². The third-order valence-electron chi connectivity index (χ3n) is 2.88. The topological polar surface area (TPSA) is 43.8 Å². The molecule has 0 aliphatic carbocycles. The summed E-state index contributed by atoms with van der Waals surface area (Å²) in [5.41, 5.74) is 6.09. The van der Waals surface area contributed by atoms with Crippen LogP contribution in [0.3, 0.4) is 0 Å². The Kier molecular flexibility index (Phi) is 4.99. The molecule has 2 rings (SSSR count). The van der Waals surface area contributed by atoms with Crippen LogP contribution in [0.15, 0.2) is 41.6 Å². The normalized spacial score (nSPS) is 12.6. The molecule has 0 saturated heterocycles. The molecule has 102 valence electrons. The van der Waals surface area contributed by atoms with E-state index >= 15 is 0 Å². The lowest BCUT2D eigenvalue weighted by Crippen LogP contribution is -2.27. The molecule has 1 aromatic carbocycles. The van der Waals surface area contributed by atoms with Gasteiger partial charge in [0.25, 0.3) is 0 Å². The van der Waals surface area contributed by atoms with Gasteiger partial charge in [-0.3, -0.25) is 0 Å². The van der Waals surface area contributed by atoms with E-state index in [9.17, 15) is 4.39 Å². The maximum absolute atomic E-state index is 13.5. The van der Waals surface area contributed by atoms with Crippen LogP contribution in [-0.4, -0.2) is 21.3 Å². The second kappa shape index (κ2) is 6.73. The van der Waals surface area contributed by atoms with Gasteiger partial charge in [-0.15, -0.1) is 11.8 Å². The van der Waals surface area contributed by atoms with Crippen LogP contribution in [-0.2, 0) is 13.0 Å². The molecule has 0 bridgehead atoms. The Morgan fingerprint density at radius 2 is 2.21 bits per heavy atom. The Morgan fingerprint density at radius 1 is 1.42 bits per heavy atom. The minimum atomic E-state index is -0.185. The molecule has 0 aliphatic heterocycles. The number of rotatable bonds is 6. The van der Waals surface area contributed by atoms with Gasteiger partial charge in [0.2, 0.25) is 0 Å². The zero-order valence-electron chi connectivity index (χ0n) is 10.9. The lowest BCUT2D eigenvalue weighted by molar-refractivity contribution is 0.601. The fourth-order valence-corrected chi connectivity index (χ4v) is 2.76. The average Bonchev–Trinajstić information content (AvgIpc) is 2.85. The summed E-state index contributed by atoms with van der Waals surface area (Å²) >= 11 is 1.45. The van der Waals surface area contributed by atoms with E-state index in [4.69, 9.17) is 5.73 Å². The summed E-state index contributed by atoms with van der Waals surface area (Å²) in [5, 5.41) is 0. The molecule has 5 heteroatoms.